The smallest absolute Gasteiger partial charge is 0.415 e. The third-order valence-electron chi connectivity index (χ3n) is 5.86. The fourth-order valence-electron chi connectivity index (χ4n) is 3.81. The first kappa shape index (κ1) is 30.2. The van der Waals surface area contributed by atoms with Gasteiger partial charge in [0.15, 0.2) is 5.76 Å². The van der Waals surface area contributed by atoms with E-state index in [2.05, 4.69) is 42.3 Å². The Kier molecular flexibility index (Phi) is 9.88. The van der Waals surface area contributed by atoms with Gasteiger partial charge in [0, 0.05) is 37.3 Å². The molecular weight excluding hydrogens is 559 g/mol. The molecule has 0 radical (unpaired) electrons. The lowest BCUT2D eigenvalue weighted by atomic mass is 10.0. The van der Waals surface area contributed by atoms with E-state index in [1.54, 1.807) is 42.4 Å². The Labute approximate surface area is 238 Å². The van der Waals surface area contributed by atoms with Gasteiger partial charge in [0.25, 0.3) is 5.91 Å². The summed E-state index contributed by atoms with van der Waals surface area (Å²) in [5, 5.41) is 13.1. The summed E-state index contributed by atoms with van der Waals surface area (Å²) in [5.74, 6) is -3.72. The third-order valence-corrected chi connectivity index (χ3v) is 5.86. The van der Waals surface area contributed by atoms with Crippen molar-refractivity contribution in [1.29, 1.82) is 0 Å². The zero-order valence-electron chi connectivity index (χ0n) is 22.5. The zero-order chi connectivity index (χ0) is 30.1. The minimum Gasteiger partial charge on any atom is -0.415 e. The van der Waals surface area contributed by atoms with Crippen LogP contribution in [0.5, 0.6) is 0 Å². The van der Waals surface area contributed by atoms with Crippen molar-refractivity contribution in [2.45, 2.75) is 25.7 Å². The second kappa shape index (κ2) is 13.7. The van der Waals surface area contributed by atoms with E-state index >= 15 is 0 Å². The van der Waals surface area contributed by atoms with E-state index in [1.165, 1.54) is 6.07 Å². The van der Waals surface area contributed by atoms with E-state index < -0.39 is 23.8 Å². The Morgan fingerprint density at radius 1 is 1.21 bits per heavy atom. The monoisotopic (exact) mass is 587 g/mol. The van der Waals surface area contributed by atoms with Gasteiger partial charge in [-0.05, 0) is 29.7 Å². The van der Waals surface area contributed by atoms with Crippen LogP contribution in [0.1, 0.15) is 17.5 Å². The summed E-state index contributed by atoms with van der Waals surface area (Å²) < 4.78 is 53.5. The number of rotatable bonds is 12. The van der Waals surface area contributed by atoms with Crippen LogP contribution in [-0.2, 0) is 36.9 Å². The number of carbonyl (C=O) groups is 2. The van der Waals surface area contributed by atoms with E-state index in [4.69, 9.17) is 9.47 Å². The van der Waals surface area contributed by atoms with E-state index in [1.807, 2.05) is 12.3 Å². The molecule has 3 heterocycles. The van der Waals surface area contributed by atoms with Crippen LogP contribution >= 0.6 is 0 Å². The maximum atomic E-state index is 12.4. The quantitative estimate of drug-likeness (QED) is 0.162. The molecule has 1 aliphatic rings. The molecule has 0 saturated heterocycles. The largest absolute Gasteiger partial charge is 0.491 e. The second-order valence-electron chi connectivity index (χ2n) is 8.94. The van der Waals surface area contributed by atoms with Crippen LogP contribution in [0, 0.1) is 0 Å². The molecule has 2 aromatic heterocycles. The predicted molar refractivity (Wildman–Crippen MR) is 147 cm³/mol. The number of alkyl halides is 3. The second-order valence-corrected chi connectivity index (χ2v) is 8.94. The average Bonchev–Trinajstić information content (AvgIpc) is 3.42. The normalized spacial score (nSPS) is 13.2. The highest BCUT2D eigenvalue weighted by Gasteiger charge is 2.42. The van der Waals surface area contributed by atoms with Crippen molar-refractivity contribution in [2.75, 3.05) is 42.9 Å². The Hall–Kier alpha value is -4.76. The first-order chi connectivity index (χ1) is 20.1. The number of esters is 1. The highest BCUT2D eigenvalue weighted by molar-refractivity contribution is 6.03. The van der Waals surface area contributed by atoms with E-state index in [0.29, 0.717) is 55.8 Å². The molecule has 222 valence electrons. The molecule has 42 heavy (non-hydrogen) atoms. The minimum atomic E-state index is -5.25. The van der Waals surface area contributed by atoms with Crippen LogP contribution in [0.4, 0.5) is 36.3 Å². The molecule has 1 amide bonds. The molecule has 15 heteroatoms. The highest BCUT2D eigenvalue weighted by Crippen LogP contribution is 2.28. The van der Waals surface area contributed by atoms with Crippen molar-refractivity contribution >= 4 is 40.6 Å². The van der Waals surface area contributed by atoms with Gasteiger partial charge in [-0.2, -0.15) is 23.3 Å². The molecule has 1 aromatic carbocycles. The van der Waals surface area contributed by atoms with Crippen LogP contribution in [0.25, 0.3) is 5.57 Å². The highest BCUT2D eigenvalue weighted by atomic mass is 19.4. The van der Waals surface area contributed by atoms with Crippen LogP contribution < -0.4 is 16.0 Å². The number of anilines is 4. The maximum Gasteiger partial charge on any atom is 0.491 e. The fourth-order valence-corrected chi connectivity index (χ4v) is 3.81. The molecule has 0 spiro atoms. The first-order valence-electron chi connectivity index (χ1n) is 12.7. The molecule has 0 saturated carbocycles. The Balaban J connectivity index is 1.46. The number of ether oxygens (including phenoxy) is 3. The number of hydrogen-bond acceptors (Lipinski definition) is 10. The average molecular weight is 588 g/mol. The van der Waals surface area contributed by atoms with Gasteiger partial charge in [-0.25, -0.2) is 9.78 Å². The number of hydrogen-bond donors (Lipinski definition) is 3. The number of nitrogens with zero attached hydrogens (tertiary/aromatic N) is 4. The van der Waals surface area contributed by atoms with Gasteiger partial charge in [-0.1, -0.05) is 24.8 Å². The predicted octanol–water partition coefficient (Wildman–Crippen LogP) is 4.04. The summed E-state index contributed by atoms with van der Waals surface area (Å²) in [7, 11) is 1.62. The van der Waals surface area contributed by atoms with E-state index in [-0.39, 0.29) is 12.2 Å². The minimum absolute atomic E-state index is 0.256. The van der Waals surface area contributed by atoms with Crippen molar-refractivity contribution in [3.05, 3.63) is 72.4 Å². The van der Waals surface area contributed by atoms with Crippen LogP contribution in [0.15, 0.2) is 61.3 Å². The van der Waals surface area contributed by atoms with Gasteiger partial charge in [-0.3, -0.25) is 9.48 Å². The van der Waals surface area contributed by atoms with Crippen molar-refractivity contribution in [1.82, 2.24) is 19.7 Å². The molecule has 0 atom stereocenters. The zero-order valence-corrected chi connectivity index (χ0v) is 22.5. The summed E-state index contributed by atoms with van der Waals surface area (Å²) in [6, 6.07) is 6.56. The lowest BCUT2D eigenvalue weighted by Gasteiger charge is -2.18. The Morgan fingerprint density at radius 2 is 2.05 bits per heavy atom. The SMILES string of the molecule is C=C(OC(=O)C(F)(F)F)C(=O)Nc1cccc(CNc2nc(Nc3cnn(CCOC)c3)ncc2C2=CCOCC2)c1. The molecule has 4 rings (SSSR count). The molecule has 12 nitrogen and oxygen atoms in total. The number of benzene rings is 1. The number of carbonyl (C=O) groups excluding carboxylic acids is 2. The van der Waals surface area contributed by atoms with Crippen molar-refractivity contribution in [2.24, 2.45) is 0 Å². The molecular formula is C27H28F3N7O5. The van der Waals surface area contributed by atoms with Gasteiger partial charge < -0.3 is 30.2 Å². The van der Waals surface area contributed by atoms with E-state index in [0.717, 1.165) is 11.1 Å². The topological polar surface area (TPSA) is 142 Å². The standard InChI is InChI=1S/C27H28F3N7O5/c1-17(42-25(39)27(28,29)30)24(38)34-20-5-3-4-18(12-20)13-31-23-22(19-6-9-41-10-7-19)15-32-26(36-23)35-21-14-33-37(16-21)8-11-40-2/h3-6,12,14-16H,1,7-11,13H2,2H3,(H,34,38)(H2,31,32,35,36). The number of nitrogens with one attached hydrogen (secondary N) is 3. The van der Waals surface area contributed by atoms with Gasteiger partial charge in [0.2, 0.25) is 5.95 Å². The van der Waals surface area contributed by atoms with Gasteiger partial charge in [0.1, 0.15) is 5.82 Å². The Bertz CT molecular complexity index is 1470. The molecule has 3 aromatic rings. The van der Waals surface area contributed by atoms with Crippen molar-refractivity contribution in [3.8, 4) is 0 Å². The molecule has 0 bridgehead atoms. The van der Waals surface area contributed by atoms with Gasteiger partial charge in [0.05, 0.1) is 38.2 Å². The Morgan fingerprint density at radius 3 is 2.79 bits per heavy atom. The lowest BCUT2D eigenvalue weighted by Crippen LogP contribution is -2.28. The van der Waals surface area contributed by atoms with Crippen LogP contribution in [0.3, 0.4) is 0 Å². The summed E-state index contributed by atoms with van der Waals surface area (Å²) >= 11 is 0. The molecule has 0 fully saturated rings. The molecule has 0 unspecified atom stereocenters. The summed E-state index contributed by atoms with van der Waals surface area (Å²) in [5.41, 5.74) is 3.49. The summed E-state index contributed by atoms with van der Waals surface area (Å²) in [4.78, 5) is 32.3. The lowest BCUT2D eigenvalue weighted by molar-refractivity contribution is -0.195. The number of methoxy groups -OCH3 is 1. The van der Waals surface area contributed by atoms with E-state index in [9.17, 15) is 22.8 Å². The molecule has 0 aliphatic carbocycles. The van der Waals surface area contributed by atoms with Gasteiger partial charge in [-0.15, -0.1) is 0 Å². The van der Waals surface area contributed by atoms with Crippen molar-refractivity contribution in [3.63, 3.8) is 0 Å². The van der Waals surface area contributed by atoms with Crippen LogP contribution in [0.2, 0.25) is 0 Å². The van der Waals surface area contributed by atoms with Gasteiger partial charge >= 0.3 is 12.1 Å². The van der Waals surface area contributed by atoms with Crippen LogP contribution in [-0.4, -0.2) is 64.7 Å². The molecule has 1 aliphatic heterocycles. The van der Waals surface area contributed by atoms with Crippen molar-refractivity contribution < 1.29 is 37.0 Å². The molecule has 3 N–H and O–H groups in total. The third kappa shape index (κ3) is 8.37. The number of amides is 1. The summed E-state index contributed by atoms with van der Waals surface area (Å²) in [6.07, 6.45) is 2.57. The summed E-state index contributed by atoms with van der Waals surface area (Å²) in [6.45, 7) is 5.52. The maximum absolute atomic E-state index is 12.4. The number of halogens is 3. The number of aromatic nitrogens is 4. The fraction of sp³-hybridized carbons (Fsp3) is 0.296. The first-order valence-corrected chi connectivity index (χ1v) is 12.7.